The van der Waals surface area contributed by atoms with Gasteiger partial charge in [0, 0.05) is 6.07 Å². The summed E-state index contributed by atoms with van der Waals surface area (Å²) >= 11 is 0. The van der Waals surface area contributed by atoms with Crippen molar-refractivity contribution in [2.24, 2.45) is 0 Å². The first-order valence-electron chi connectivity index (χ1n) is 6.50. The molecule has 19 heavy (non-hydrogen) atoms. The normalized spacial score (nSPS) is 17.1. The third-order valence-corrected chi connectivity index (χ3v) is 3.67. The minimum atomic E-state index is -0.514. The van der Waals surface area contributed by atoms with E-state index in [0.29, 0.717) is 17.7 Å². The van der Waals surface area contributed by atoms with Crippen molar-refractivity contribution >= 4 is 5.69 Å². The fraction of sp³-hybridized carbons (Fsp3) is 0.250. The minimum Gasteiger partial charge on any atom is -0.375 e. The Morgan fingerprint density at radius 2 is 1.89 bits per heavy atom. The number of benzene rings is 2. The summed E-state index contributed by atoms with van der Waals surface area (Å²) in [6.07, 6.45) is 1.62. The molecule has 0 aliphatic carbocycles. The van der Waals surface area contributed by atoms with Crippen LogP contribution in [0.5, 0.6) is 0 Å². The molecule has 0 saturated heterocycles. The van der Waals surface area contributed by atoms with Gasteiger partial charge in [0.1, 0.15) is 11.6 Å². The maximum Gasteiger partial charge on any atom is 0.149 e. The first kappa shape index (κ1) is 12.2. The molecule has 1 nitrogen and oxygen atoms in total. The van der Waals surface area contributed by atoms with Gasteiger partial charge in [-0.1, -0.05) is 31.2 Å². The SMILES string of the molecule is CCc1ccc(C2Cc3cc(F)cc(F)c3N2)cc1. The van der Waals surface area contributed by atoms with Crippen LogP contribution in [0.3, 0.4) is 0 Å². The summed E-state index contributed by atoms with van der Waals surface area (Å²) in [6.45, 7) is 2.11. The van der Waals surface area contributed by atoms with Crippen LogP contribution >= 0.6 is 0 Å². The molecule has 1 heterocycles. The fourth-order valence-electron chi connectivity index (χ4n) is 2.58. The smallest absolute Gasteiger partial charge is 0.149 e. The van der Waals surface area contributed by atoms with E-state index in [-0.39, 0.29) is 6.04 Å². The molecule has 0 saturated carbocycles. The number of hydrogen-bond donors (Lipinski definition) is 1. The molecule has 0 amide bonds. The van der Waals surface area contributed by atoms with Gasteiger partial charge in [-0.25, -0.2) is 8.78 Å². The van der Waals surface area contributed by atoms with Crippen LogP contribution < -0.4 is 5.32 Å². The Morgan fingerprint density at radius 1 is 1.16 bits per heavy atom. The average Bonchev–Trinajstić information content (AvgIpc) is 2.83. The summed E-state index contributed by atoms with van der Waals surface area (Å²) < 4.78 is 26.8. The third kappa shape index (κ3) is 2.21. The molecule has 3 rings (SSSR count). The summed E-state index contributed by atoms with van der Waals surface area (Å²) in [5.74, 6) is -1.03. The Bertz CT molecular complexity index is 605. The Kier molecular flexibility index (Phi) is 2.97. The Hall–Kier alpha value is -1.90. The van der Waals surface area contributed by atoms with Crippen LogP contribution in [-0.2, 0) is 12.8 Å². The molecule has 2 aromatic carbocycles. The van der Waals surface area contributed by atoms with Gasteiger partial charge in [-0.15, -0.1) is 0 Å². The van der Waals surface area contributed by atoms with E-state index in [1.807, 2.05) is 0 Å². The van der Waals surface area contributed by atoms with Crippen molar-refractivity contribution in [1.29, 1.82) is 0 Å². The second kappa shape index (κ2) is 4.65. The molecule has 98 valence electrons. The number of halogens is 2. The fourth-order valence-corrected chi connectivity index (χ4v) is 2.58. The van der Waals surface area contributed by atoms with E-state index in [1.54, 1.807) is 0 Å². The van der Waals surface area contributed by atoms with Gasteiger partial charge in [-0.2, -0.15) is 0 Å². The van der Waals surface area contributed by atoms with Crippen LogP contribution in [0, 0.1) is 11.6 Å². The molecular weight excluding hydrogens is 244 g/mol. The molecule has 1 unspecified atom stereocenters. The van der Waals surface area contributed by atoms with E-state index in [9.17, 15) is 8.78 Å². The van der Waals surface area contributed by atoms with Crippen molar-refractivity contribution in [2.75, 3.05) is 5.32 Å². The van der Waals surface area contributed by atoms with E-state index in [1.165, 1.54) is 11.6 Å². The van der Waals surface area contributed by atoms with Gasteiger partial charge in [0.05, 0.1) is 11.7 Å². The molecule has 0 bridgehead atoms. The quantitative estimate of drug-likeness (QED) is 0.850. The van der Waals surface area contributed by atoms with E-state index in [2.05, 4.69) is 36.5 Å². The molecule has 1 atom stereocenters. The summed E-state index contributed by atoms with van der Waals surface area (Å²) in [5.41, 5.74) is 3.53. The number of anilines is 1. The van der Waals surface area contributed by atoms with Crippen LogP contribution in [0.25, 0.3) is 0 Å². The highest BCUT2D eigenvalue weighted by molar-refractivity contribution is 5.59. The average molecular weight is 259 g/mol. The minimum absolute atomic E-state index is 0.0252. The van der Waals surface area contributed by atoms with E-state index in [0.717, 1.165) is 18.1 Å². The highest BCUT2D eigenvalue weighted by Crippen LogP contribution is 2.36. The maximum absolute atomic E-state index is 13.7. The monoisotopic (exact) mass is 259 g/mol. The third-order valence-electron chi connectivity index (χ3n) is 3.67. The lowest BCUT2D eigenvalue weighted by Gasteiger charge is -2.12. The summed E-state index contributed by atoms with van der Waals surface area (Å²) in [6, 6.07) is 10.6. The van der Waals surface area contributed by atoms with Crippen molar-refractivity contribution < 1.29 is 8.78 Å². The molecule has 0 aromatic heterocycles. The van der Waals surface area contributed by atoms with Crippen LogP contribution in [-0.4, -0.2) is 0 Å². The van der Waals surface area contributed by atoms with Gasteiger partial charge in [0.2, 0.25) is 0 Å². The summed E-state index contributed by atoms with van der Waals surface area (Å²) in [7, 11) is 0. The zero-order valence-corrected chi connectivity index (χ0v) is 10.7. The second-order valence-electron chi connectivity index (χ2n) is 4.92. The maximum atomic E-state index is 13.7. The van der Waals surface area contributed by atoms with Crippen molar-refractivity contribution in [1.82, 2.24) is 0 Å². The largest absolute Gasteiger partial charge is 0.375 e. The van der Waals surface area contributed by atoms with E-state index in [4.69, 9.17) is 0 Å². The summed E-state index contributed by atoms with van der Waals surface area (Å²) in [4.78, 5) is 0. The van der Waals surface area contributed by atoms with Gasteiger partial charge >= 0.3 is 0 Å². The number of hydrogen-bond acceptors (Lipinski definition) is 1. The van der Waals surface area contributed by atoms with Crippen LogP contribution in [0.2, 0.25) is 0 Å². The highest BCUT2D eigenvalue weighted by atomic mass is 19.1. The predicted molar refractivity (Wildman–Crippen MR) is 72.2 cm³/mol. The Morgan fingerprint density at radius 3 is 2.58 bits per heavy atom. The van der Waals surface area contributed by atoms with Crippen molar-refractivity contribution in [3.05, 3.63) is 64.7 Å². The van der Waals surface area contributed by atoms with E-state index >= 15 is 0 Å². The lowest BCUT2D eigenvalue weighted by Crippen LogP contribution is -2.06. The number of nitrogens with one attached hydrogen (secondary N) is 1. The molecule has 3 heteroatoms. The zero-order chi connectivity index (χ0) is 13.4. The molecule has 1 aliphatic rings. The molecule has 0 radical (unpaired) electrons. The zero-order valence-electron chi connectivity index (χ0n) is 10.7. The molecule has 1 N–H and O–H groups in total. The Balaban J connectivity index is 1.88. The van der Waals surface area contributed by atoms with Crippen molar-refractivity contribution in [3.63, 3.8) is 0 Å². The van der Waals surface area contributed by atoms with Crippen molar-refractivity contribution in [2.45, 2.75) is 25.8 Å². The first-order chi connectivity index (χ1) is 9.17. The van der Waals surface area contributed by atoms with Gasteiger partial charge in [0.25, 0.3) is 0 Å². The summed E-state index contributed by atoms with van der Waals surface area (Å²) in [5, 5.41) is 3.14. The van der Waals surface area contributed by atoms with Crippen LogP contribution in [0.4, 0.5) is 14.5 Å². The first-order valence-corrected chi connectivity index (χ1v) is 6.50. The Labute approximate surface area is 111 Å². The molecule has 2 aromatic rings. The predicted octanol–water partition coefficient (Wildman–Crippen LogP) is 4.24. The molecular formula is C16H15F2N. The molecule has 1 aliphatic heterocycles. The van der Waals surface area contributed by atoms with Crippen LogP contribution in [0.1, 0.15) is 29.7 Å². The van der Waals surface area contributed by atoms with Gasteiger partial charge in [0.15, 0.2) is 0 Å². The van der Waals surface area contributed by atoms with Crippen LogP contribution in [0.15, 0.2) is 36.4 Å². The van der Waals surface area contributed by atoms with Gasteiger partial charge < -0.3 is 5.32 Å². The van der Waals surface area contributed by atoms with E-state index < -0.39 is 11.6 Å². The molecule has 0 spiro atoms. The van der Waals surface area contributed by atoms with Gasteiger partial charge in [-0.05, 0) is 35.6 Å². The standard InChI is InChI=1S/C16H15F2N/c1-2-10-3-5-11(6-4-10)15-8-12-7-13(17)9-14(18)16(12)19-15/h3-7,9,15,19H,2,8H2,1H3. The molecule has 0 fully saturated rings. The number of rotatable bonds is 2. The van der Waals surface area contributed by atoms with Gasteiger partial charge in [-0.3, -0.25) is 0 Å². The van der Waals surface area contributed by atoms with Crippen molar-refractivity contribution in [3.8, 4) is 0 Å². The lowest BCUT2D eigenvalue weighted by atomic mass is 10.0. The highest BCUT2D eigenvalue weighted by Gasteiger charge is 2.25. The second-order valence-corrected chi connectivity index (χ2v) is 4.92. The lowest BCUT2D eigenvalue weighted by molar-refractivity contribution is 0.585. The topological polar surface area (TPSA) is 12.0 Å². The number of aryl methyl sites for hydroxylation is 1. The number of fused-ring (bicyclic) bond motifs is 1.